The molecule has 1 amide bonds. The molecule has 0 saturated carbocycles. The van der Waals surface area contributed by atoms with Crippen molar-refractivity contribution in [3.63, 3.8) is 0 Å². The van der Waals surface area contributed by atoms with Gasteiger partial charge in [-0.2, -0.15) is 10.4 Å². The zero-order valence-electron chi connectivity index (χ0n) is 14.0. The molecule has 0 unspecified atom stereocenters. The Morgan fingerprint density at radius 2 is 2.20 bits per heavy atom. The van der Waals surface area contributed by atoms with Crippen molar-refractivity contribution in [3.8, 4) is 6.07 Å². The van der Waals surface area contributed by atoms with Crippen LogP contribution >= 0.6 is 0 Å². The molecular weight excluding hydrogens is 320 g/mol. The third-order valence-electron chi connectivity index (χ3n) is 3.86. The van der Waals surface area contributed by atoms with Crippen LogP contribution in [0.3, 0.4) is 0 Å². The van der Waals surface area contributed by atoms with Crippen LogP contribution in [-0.4, -0.2) is 37.0 Å². The van der Waals surface area contributed by atoms with Crippen molar-refractivity contribution in [3.05, 3.63) is 41.2 Å². The van der Waals surface area contributed by atoms with Crippen LogP contribution in [0.4, 0.5) is 5.95 Å². The van der Waals surface area contributed by atoms with Crippen molar-refractivity contribution in [1.29, 1.82) is 5.26 Å². The zero-order chi connectivity index (χ0) is 18.0. The lowest BCUT2D eigenvalue weighted by atomic mass is 10.2. The fourth-order valence-electron chi connectivity index (χ4n) is 2.76. The van der Waals surface area contributed by atoms with Gasteiger partial charge in [0.2, 0.25) is 5.95 Å². The summed E-state index contributed by atoms with van der Waals surface area (Å²) in [7, 11) is 0. The predicted molar refractivity (Wildman–Crippen MR) is 92.1 cm³/mol. The van der Waals surface area contributed by atoms with Gasteiger partial charge in [-0.05, 0) is 38.1 Å². The molecule has 8 nitrogen and oxygen atoms in total. The molecule has 2 N–H and O–H groups in total. The van der Waals surface area contributed by atoms with Gasteiger partial charge in [0, 0.05) is 13.1 Å². The molecule has 3 aromatic rings. The highest BCUT2D eigenvalue weighted by Crippen LogP contribution is 2.21. The van der Waals surface area contributed by atoms with Crippen LogP contribution < -0.4 is 5.32 Å². The topological polar surface area (TPSA) is 109 Å². The second-order valence-corrected chi connectivity index (χ2v) is 5.57. The van der Waals surface area contributed by atoms with Crippen molar-refractivity contribution in [2.45, 2.75) is 26.9 Å². The molecule has 2 heterocycles. The van der Waals surface area contributed by atoms with Crippen LogP contribution in [0, 0.1) is 18.3 Å². The number of amides is 1. The Hall–Kier alpha value is -3.18. The first-order valence-electron chi connectivity index (χ1n) is 7.94. The van der Waals surface area contributed by atoms with Crippen LogP contribution in [-0.2, 0) is 13.1 Å². The predicted octanol–water partition coefficient (Wildman–Crippen LogP) is 1.68. The van der Waals surface area contributed by atoms with Crippen molar-refractivity contribution >= 4 is 22.9 Å². The van der Waals surface area contributed by atoms with E-state index in [4.69, 9.17) is 5.26 Å². The van der Waals surface area contributed by atoms with Gasteiger partial charge in [-0.15, -0.1) is 0 Å². The Bertz CT molecular complexity index is 979. The quantitative estimate of drug-likeness (QED) is 0.735. The molecule has 0 saturated heterocycles. The summed E-state index contributed by atoms with van der Waals surface area (Å²) < 4.78 is 3.34. The summed E-state index contributed by atoms with van der Waals surface area (Å²) in [4.78, 5) is 17.0. The first-order chi connectivity index (χ1) is 12.1. The molecule has 25 heavy (non-hydrogen) atoms. The number of fused-ring (bicyclic) bond motifs is 1. The monoisotopic (exact) mass is 338 g/mol. The molecule has 0 aliphatic rings. The minimum atomic E-state index is -0.322. The molecule has 0 fully saturated rings. The molecule has 1 aromatic carbocycles. The Labute approximate surface area is 144 Å². The number of nitriles is 1. The molecule has 0 aliphatic heterocycles. The van der Waals surface area contributed by atoms with Gasteiger partial charge >= 0.3 is 0 Å². The van der Waals surface area contributed by atoms with Gasteiger partial charge in [-0.1, -0.05) is 0 Å². The Morgan fingerprint density at radius 1 is 1.40 bits per heavy atom. The van der Waals surface area contributed by atoms with E-state index in [1.165, 1.54) is 0 Å². The summed E-state index contributed by atoms with van der Waals surface area (Å²) >= 11 is 0. The summed E-state index contributed by atoms with van der Waals surface area (Å²) in [5.74, 6) is 0.00287. The normalized spacial score (nSPS) is 10.8. The maximum atomic E-state index is 12.6. The van der Waals surface area contributed by atoms with Crippen molar-refractivity contribution in [2.24, 2.45) is 0 Å². The van der Waals surface area contributed by atoms with Gasteiger partial charge in [0.25, 0.3) is 5.91 Å². The first kappa shape index (κ1) is 16.7. The molecular formula is C17H18N6O2. The molecule has 0 atom stereocenters. The van der Waals surface area contributed by atoms with Crippen molar-refractivity contribution in [2.75, 3.05) is 11.9 Å². The Balaban J connectivity index is 2.01. The van der Waals surface area contributed by atoms with E-state index in [0.717, 1.165) is 11.2 Å². The van der Waals surface area contributed by atoms with E-state index in [2.05, 4.69) is 21.5 Å². The van der Waals surface area contributed by atoms with Crippen LogP contribution in [0.25, 0.3) is 11.0 Å². The maximum Gasteiger partial charge on any atom is 0.276 e. The van der Waals surface area contributed by atoms with Gasteiger partial charge in [-0.3, -0.25) is 14.8 Å². The summed E-state index contributed by atoms with van der Waals surface area (Å²) in [6.45, 7) is 4.50. The van der Waals surface area contributed by atoms with Crippen molar-refractivity contribution in [1.82, 2.24) is 19.3 Å². The number of benzene rings is 1. The second kappa shape index (κ2) is 6.75. The lowest BCUT2D eigenvalue weighted by Crippen LogP contribution is -2.20. The third-order valence-corrected chi connectivity index (χ3v) is 3.86. The molecule has 8 heteroatoms. The van der Waals surface area contributed by atoms with E-state index < -0.39 is 0 Å². The number of hydrogen-bond donors (Lipinski definition) is 2. The van der Waals surface area contributed by atoms with Gasteiger partial charge in [0.1, 0.15) is 5.69 Å². The minimum absolute atomic E-state index is 0.0969. The number of rotatable bonds is 5. The van der Waals surface area contributed by atoms with E-state index >= 15 is 0 Å². The number of anilines is 1. The van der Waals surface area contributed by atoms with E-state index in [1.807, 2.05) is 13.8 Å². The van der Waals surface area contributed by atoms with Gasteiger partial charge in [-0.25, -0.2) is 4.98 Å². The molecule has 2 aromatic heterocycles. The Morgan fingerprint density at radius 3 is 2.88 bits per heavy atom. The van der Waals surface area contributed by atoms with Crippen LogP contribution in [0.15, 0.2) is 24.3 Å². The third kappa shape index (κ3) is 3.09. The standard InChI is InChI=1S/C17H18N6O2/c1-3-23-15(8-11(2)21-23)16(25)20-17-19-13-9-12(10-18)4-5-14(13)22(17)6-7-24/h4-5,8-9,24H,3,6-7H2,1-2H3,(H,19,20,25). The number of carbonyl (C=O) groups excluding carboxylic acids is 1. The first-order valence-corrected chi connectivity index (χ1v) is 7.94. The highest BCUT2D eigenvalue weighted by molar-refractivity contribution is 6.03. The van der Waals surface area contributed by atoms with E-state index in [-0.39, 0.29) is 19.1 Å². The molecule has 3 rings (SSSR count). The average molecular weight is 338 g/mol. The lowest BCUT2D eigenvalue weighted by Gasteiger charge is -2.09. The van der Waals surface area contributed by atoms with Gasteiger partial charge in [0.05, 0.1) is 35.0 Å². The number of aryl methyl sites for hydroxylation is 2. The SMILES string of the molecule is CCn1nc(C)cc1C(=O)Nc1nc2cc(C#N)ccc2n1CCO. The van der Waals surface area contributed by atoms with Crippen molar-refractivity contribution < 1.29 is 9.90 Å². The molecule has 128 valence electrons. The number of aliphatic hydroxyl groups excluding tert-OH is 1. The molecule has 0 radical (unpaired) electrons. The van der Waals surface area contributed by atoms with Gasteiger partial charge < -0.3 is 9.67 Å². The largest absolute Gasteiger partial charge is 0.395 e. The summed E-state index contributed by atoms with van der Waals surface area (Å²) in [5, 5.41) is 25.4. The highest BCUT2D eigenvalue weighted by Gasteiger charge is 2.18. The summed E-state index contributed by atoms with van der Waals surface area (Å²) in [6, 6.07) is 8.87. The number of aromatic nitrogens is 4. The van der Waals surface area contributed by atoms with E-state index in [1.54, 1.807) is 33.5 Å². The zero-order valence-corrected chi connectivity index (χ0v) is 14.0. The average Bonchev–Trinajstić information content (AvgIpc) is 3.15. The van der Waals surface area contributed by atoms with Crippen LogP contribution in [0.2, 0.25) is 0 Å². The summed E-state index contributed by atoms with van der Waals surface area (Å²) in [5.41, 5.74) is 3.01. The lowest BCUT2D eigenvalue weighted by molar-refractivity contribution is 0.101. The molecule has 0 aliphatic carbocycles. The van der Waals surface area contributed by atoms with Crippen LogP contribution in [0.1, 0.15) is 28.7 Å². The van der Waals surface area contributed by atoms with E-state index in [9.17, 15) is 9.90 Å². The maximum absolute atomic E-state index is 12.6. The number of imidazole rings is 1. The van der Waals surface area contributed by atoms with Crippen LogP contribution in [0.5, 0.6) is 0 Å². The number of hydrogen-bond acceptors (Lipinski definition) is 5. The molecule has 0 bridgehead atoms. The van der Waals surface area contributed by atoms with E-state index in [0.29, 0.717) is 29.3 Å². The molecule has 0 spiro atoms. The Kier molecular flexibility index (Phi) is 4.50. The smallest absolute Gasteiger partial charge is 0.276 e. The highest BCUT2D eigenvalue weighted by atomic mass is 16.3. The minimum Gasteiger partial charge on any atom is -0.395 e. The second-order valence-electron chi connectivity index (χ2n) is 5.57. The number of aliphatic hydroxyl groups is 1. The fourth-order valence-corrected chi connectivity index (χ4v) is 2.76. The number of nitrogens with zero attached hydrogens (tertiary/aromatic N) is 5. The number of nitrogens with one attached hydrogen (secondary N) is 1. The number of carbonyl (C=O) groups is 1. The van der Waals surface area contributed by atoms with Gasteiger partial charge in [0.15, 0.2) is 0 Å². The summed E-state index contributed by atoms with van der Waals surface area (Å²) in [6.07, 6.45) is 0. The fraction of sp³-hybridized carbons (Fsp3) is 0.294.